The van der Waals surface area contributed by atoms with Crippen molar-refractivity contribution in [3.8, 4) is 5.75 Å². The molecule has 0 saturated heterocycles. The normalized spacial score (nSPS) is 18.2. The molecule has 0 radical (unpaired) electrons. The summed E-state index contributed by atoms with van der Waals surface area (Å²) < 4.78 is 11.4. The first-order valence-electron chi connectivity index (χ1n) is 12.1. The summed E-state index contributed by atoms with van der Waals surface area (Å²) in [5.41, 5.74) is 1.79. The minimum Gasteiger partial charge on any atom is -0.487 e. The molecule has 1 heterocycles. The number of nitrogens with one attached hydrogen (secondary N) is 2. The molecule has 2 atom stereocenters. The number of fused-ring (bicyclic) bond motifs is 1. The van der Waals surface area contributed by atoms with Crippen molar-refractivity contribution in [2.24, 2.45) is 0 Å². The van der Waals surface area contributed by atoms with Gasteiger partial charge in [-0.2, -0.15) is 0 Å². The Morgan fingerprint density at radius 2 is 1.78 bits per heavy atom. The fourth-order valence-corrected chi connectivity index (χ4v) is 4.50. The Labute approximate surface area is 219 Å². The lowest BCUT2D eigenvalue weighted by Gasteiger charge is -2.19. The highest BCUT2D eigenvalue weighted by Gasteiger charge is 2.64. The minimum absolute atomic E-state index is 0.205. The van der Waals surface area contributed by atoms with Gasteiger partial charge < -0.3 is 20.1 Å². The molecule has 3 aromatic carbocycles. The summed E-state index contributed by atoms with van der Waals surface area (Å²) in [7, 11) is 0. The summed E-state index contributed by atoms with van der Waals surface area (Å²) >= 11 is 5.93. The van der Waals surface area contributed by atoms with E-state index in [-0.39, 0.29) is 12.5 Å². The lowest BCUT2D eigenvalue weighted by molar-refractivity contribution is -0.146. The number of halogens is 1. The van der Waals surface area contributed by atoms with Gasteiger partial charge >= 0.3 is 12.0 Å². The summed E-state index contributed by atoms with van der Waals surface area (Å²) in [4.78, 5) is 30.7. The molecule has 5 rings (SSSR count). The van der Waals surface area contributed by atoms with Gasteiger partial charge in [-0.1, -0.05) is 60.1 Å². The Morgan fingerprint density at radius 3 is 2.54 bits per heavy atom. The number of ether oxygens (including phenoxy) is 2. The highest BCUT2D eigenvalue weighted by Crippen LogP contribution is 2.52. The van der Waals surface area contributed by atoms with Crippen LogP contribution in [0.25, 0.3) is 10.9 Å². The van der Waals surface area contributed by atoms with Crippen LogP contribution in [0.15, 0.2) is 84.9 Å². The minimum atomic E-state index is -1.20. The zero-order chi connectivity index (χ0) is 25.8. The first-order chi connectivity index (χ1) is 18.0. The number of aromatic nitrogens is 1. The molecule has 2 amide bonds. The summed E-state index contributed by atoms with van der Waals surface area (Å²) in [6.45, 7) is 2.35. The van der Waals surface area contributed by atoms with Crippen LogP contribution in [0.2, 0.25) is 5.02 Å². The lowest BCUT2D eigenvalue weighted by atomic mass is 10.1. The number of amides is 2. The monoisotopic (exact) mass is 515 g/mol. The maximum Gasteiger partial charge on any atom is 0.332 e. The van der Waals surface area contributed by atoms with Gasteiger partial charge in [0, 0.05) is 27.7 Å². The highest BCUT2D eigenvalue weighted by atomic mass is 35.5. The van der Waals surface area contributed by atoms with Crippen molar-refractivity contribution in [2.45, 2.75) is 31.4 Å². The number of anilines is 1. The predicted octanol–water partition coefficient (Wildman–Crippen LogP) is 6.08. The van der Waals surface area contributed by atoms with Crippen LogP contribution in [0.5, 0.6) is 5.75 Å². The molecule has 1 aliphatic rings. The van der Waals surface area contributed by atoms with E-state index in [1.807, 2.05) is 60.7 Å². The Bertz CT molecular complexity index is 1430. The predicted molar refractivity (Wildman–Crippen MR) is 143 cm³/mol. The van der Waals surface area contributed by atoms with Gasteiger partial charge in [0.2, 0.25) is 0 Å². The van der Waals surface area contributed by atoms with Crippen molar-refractivity contribution < 1.29 is 19.1 Å². The van der Waals surface area contributed by atoms with Gasteiger partial charge in [-0.25, -0.2) is 14.6 Å². The summed E-state index contributed by atoms with van der Waals surface area (Å²) in [5, 5.41) is 7.07. The van der Waals surface area contributed by atoms with E-state index < -0.39 is 17.5 Å². The molecule has 1 saturated carbocycles. The second-order valence-electron chi connectivity index (χ2n) is 8.87. The van der Waals surface area contributed by atoms with Crippen molar-refractivity contribution >= 4 is 40.2 Å². The second kappa shape index (κ2) is 10.5. The molecule has 0 aliphatic heterocycles. The molecule has 1 aromatic heterocycles. The van der Waals surface area contributed by atoms with Gasteiger partial charge in [0.25, 0.3) is 0 Å². The van der Waals surface area contributed by atoms with E-state index in [0.717, 1.165) is 10.9 Å². The fraction of sp³-hybridized carbons (Fsp3) is 0.207. The number of carbonyl (C=O) groups is 2. The number of pyridine rings is 1. The Kier molecular flexibility index (Phi) is 6.97. The number of nitrogens with zero attached hydrogens (tertiary/aromatic N) is 1. The Morgan fingerprint density at radius 1 is 1.00 bits per heavy atom. The molecule has 4 aromatic rings. The third-order valence-electron chi connectivity index (χ3n) is 6.34. The van der Waals surface area contributed by atoms with Gasteiger partial charge in [0.15, 0.2) is 0 Å². The van der Waals surface area contributed by atoms with Crippen LogP contribution in [0.1, 0.15) is 30.5 Å². The van der Waals surface area contributed by atoms with Crippen LogP contribution in [0.4, 0.5) is 10.5 Å². The van der Waals surface area contributed by atoms with Crippen molar-refractivity contribution in [1.82, 2.24) is 10.3 Å². The third kappa shape index (κ3) is 5.37. The van der Waals surface area contributed by atoms with E-state index in [1.54, 1.807) is 31.2 Å². The molecule has 2 unspecified atom stereocenters. The average Bonchev–Trinajstić information content (AvgIpc) is 3.64. The molecule has 8 heteroatoms. The molecule has 2 N–H and O–H groups in total. The second-order valence-corrected chi connectivity index (χ2v) is 9.31. The average molecular weight is 516 g/mol. The third-order valence-corrected chi connectivity index (χ3v) is 6.59. The standard InChI is InChI=1S/C29H26ClN3O4/c1-2-36-27(34)29(33-28(35)31-22-14-12-21(30)13-15-22)17-23(29)24-16-11-20-9-6-10-25(26(20)32-24)37-18-19-7-4-3-5-8-19/h3-16,23H,2,17-18H2,1H3,(H2,31,33,35). The van der Waals surface area contributed by atoms with E-state index in [1.165, 1.54) is 0 Å². The summed E-state index contributed by atoms with van der Waals surface area (Å²) in [6, 6.07) is 25.7. The maximum absolute atomic E-state index is 13.0. The van der Waals surface area contributed by atoms with Gasteiger partial charge in [0.1, 0.15) is 23.4 Å². The van der Waals surface area contributed by atoms with Crippen molar-refractivity contribution in [3.05, 3.63) is 101 Å². The molecule has 188 valence electrons. The van der Waals surface area contributed by atoms with Gasteiger partial charge in [-0.05, 0) is 55.3 Å². The van der Waals surface area contributed by atoms with Crippen molar-refractivity contribution in [2.75, 3.05) is 11.9 Å². The van der Waals surface area contributed by atoms with Crippen molar-refractivity contribution in [3.63, 3.8) is 0 Å². The van der Waals surface area contributed by atoms with E-state index in [0.29, 0.717) is 40.7 Å². The highest BCUT2D eigenvalue weighted by molar-refractivity contribution is 6.30. The molecule has 1 aliphatic carbocycles. The Hall–Kier alpha value is -4.10. The van der Waals surface area contributed by atoms with E-state index in [4.69, 9.17) is 26.1 Å². The number of hydrogen-bond acceptors (Lipinski definition) is 5. The van der Waals surface area contributed by atoms with E-state index >= 15 is 0 Å². The SMILES string of the molecule is CCOC(=O)C1(NC(=O)Nc2ccc(Cl)cc2)CC1c1ccc2cccc(OCc3ccccc3)c2n1. The topological polar surface area (TPSA) is 89.5 Å². The largest absolute Gasteiger partial charge is 0.487 e. The number of hydrogen-bond donors (Lipinski definition) is 2. The van der Waals surface area contributed by atoms with Crippen LogP contribution in [0, 0.1) is 0 Å². The number of urea groups is 1. The van der Waals surface area contributed by atoms with Gasteiger partial charge in [0.05, 0.1) is 6.61 Å². The zero-order valence-electron chi connectivity index (χ0n) is 20.2. The lowest BCUT2D eigenvalue weighted by Crippen LogP contribution is -2.47. The molecular weight excluding hydrogens is 490 g/mol. The fourth-order valence-electron chi connectivity index (χ4n) is 4.37. The molecular formula is C29H26ClN3O4. The molecule has 0 spiro atoms. The maximum atomic E-state index is 13.0. The van der Waals surface area contributed by atoms with Gasteiger partial charge in [-0.15, -0.1) is 0 Å². The first-order valence-corrected chi connectivity index (χ1v) is 12.4. The van der Waals surface area contributed by atoms with Crippen LogP contribution in [-0.4, -0.2) is 29.1 Å². The summed E-state index contributed by atoms with van der Waals surface area (Å²) in [6.07, 6.45) is 0.380. The molecule has 0 bridgehead atoms. The molecule has 1 fully saturated rings. The number of esters is 1. The number of para-hydroxylation sites is 1. The van der Waals surface area contributed by atoms with E-state index in [2.05, 4.69) is 10.6 Å². The Balaban J connectivity index is 1.38. The number of rotatable bonds is 8. The van der Waals surface area contributed by atoms with Crippen LogP contribution in [0.3, 0.4) is 0 Å². The van der Waals surface area contributed by atoms with Gasteiger partial charge in [-0.3, -0.25) is 0 Å². The molecule has 37 heavy (non-hydrogen) atoms. The molecule has 7 nitrogen and oxygen atoms in total. The van der Waals surface area contributed by atoms with E-state index in [9.17, 15) is 9.59 Å². The quantitative estimate of drug-likeness (QED) is 0.278. The van der Waals surface area contributed by atoms with Crippen LogP contribution < -0.4 is 15.4 Å². The first kappa shape index (κ1) is 24.6. The van der Waals surface area contributed by atoms with Crippen LogP contribution in [-0.2, 0) is 16.1 Å². The zero-order valence-corrected chi connectivity index (χ0v) is 21.0. The van der Waals surface area contributed by atoms with Crippen LogP contribution >= 0.6 is 11.6 Å². The summed E-state index contributed by atoms with van der Waals surface area (Å²) in [5.74, 6) is -0.171. The smallest absolute Gasteiger partial charge is 0.332 e. The number of carbonyl (C=O) groups excluding carboxylic acids is 2. The van der Waals surface area contributed by atoms with Crippen molar-refractivity contribution in [1.29, 1.82) is 0 Å². The number of benzene rings is 3.